The fraction of sp³-hybridized carbons (Fsp3) is 0.611. The Morgan fingerprint density at radius 2 is 2.12 bits per heavy atom. The van der Waals surface area contributed by atoms with Crippen molar-refractivity contribution in [2.24, 2.45) is 4.99 Å². The van der Waals surface area contributed by atoms with E-state index in [1.807, 2.05) is 0 Å². The summed E-state index contributed by atoms with van der Waals surface area (Å²) in [5.74, 6) is -0.428. The highest BCUT2D eigenvalue weighted by Gasteiger charge is 2.14. The Kier molecular flexibility index (Phi) is 11.7. The first-order chi connectivity index (χ1) is 12.2. The highest BCUT2D eigenvalue weighted by atomic mass is 127. The van der Waals surface area contributed by atoms with E-state index in [-0.39, 0.29) is 30.1 Å². The molecule has 1 unspecified atom stereocenters. The zero-order chi connectivity index (χ0) is 17.9. The molecule has 2 N–H and O–H groups in total. The van der Waals surface area contributed by atoms with Gasteiger partial charge in [-0.2, -0.15) is 0 Å². The number of rotatable bonds is 9. The summed E-state index contributed by atoms with van der Waals surface area (Å²) in [5.41, 5.74) is 0.479. The molecule has 0 spiro atoms. The molecule has 1 atom stereocenters. The first-order valence-electron chi connectivity index (χ1n) is 8.77. The standard InChI is InChI=1S/C18H27F2N3O2.HI/c1-21-18(22-8-3-10-24-13-16-4-2-11-25-16)23-9-7-14-5-6-15(19)12-17(14)20;/h5-6,12,16H,2-4,7-11,13H2,1H3,(H2,21,22,23);1H. The second kappa shape index (κ2) is 13.2. The van der Waals surface area contributed by atoms with Gasteiger partial charge in [0.25, 0.3) is 0 Å². The second-order valence-electron chi connectivity index (χ2n) is 5.97. The van der Waals surface area contributed by atoms with Crippen molar-refractivity contribution in [1.82, 2.24) is 10.6 Å². The normalized spacial score (nSPS) is 17.0. The van der Waals surface area contributed by atoms with Crippen molar-refractivity contribution >= 4 is 29.9 Å². The first-order valence-corrected chi connectivity index (χ1v) is 8.77. The molecule has 1 heterocycles. The van der Waals surface area contributed by atoms with Gasteiger partial charge in [-0.3, -0.25) is 4.99 Å². The van der Waals surface area contributed by atoms with Crippen molar-refractivity contribution < 1.29 is 18.3 Å². The topological polar surface area (TPSA) is 54.9 Å². The van der Waals surface area contributed by atoms with E-state index >= 15 is 0 Å². The van der Waals surface area contributed by atoms with Crippen LogP contribution < -0.4 is 10.6 Å². The molecule has 0 aromatic heterocycles. The van der Waals surface area contributed by atoms with E-state index in [9.17, 15) is 8.78 Å². The molecule has 1 aliphatic rings. The molecule has 0 bridgehead atoms. The fourth-order valence-electron chi connectivity index (χ4n) is 2.63. The van der Waals surface area contributed by atoms with E-state index in [2.05, 4.69) is 15.6 Å². The Morgan fingerprint density at radius 3 is 2.81 bits per heavy atom. The Hall–Kier alpha value is -1.00. The molecule has 0 amide bonds. The van der Waals surface area contributed by atoms with Crippen molar-refractivity contribution in [1.29, 1.82) is 0 Å². The van der Waals surface area contributed by atoms with Gasteiger partial charge in [0.1, 0.15) is 11.6 Å². The van der Waals surface area contributed by atoms with E-state index in [0.29, 0.717) is 37.7 Å². The van der Waals surface area contributed by atoms with Gasteiger partial charge in [0.05, 0.1) is 12.7 Å². The van der Waals surface area contributed by atoms with Gasteiger partial charge in [-0.1, -0.05) is 6.07 Å². The Labute approximate surface area is 171 Å². The molecule has 1 aliphatic heterocycles. The van der Waals surface area contributed by atoms with E-state index in [1.165, 1.54) is 12.1 Å². The third-order valence-electron chi connectivity index (χ3n) is 4.01. The molecular formula is C18H28F2IN3O2. The van der Waals surface area contributed by atoms with Crippen LogP contribution in [0.25, 0.3) is 0 Å². The summed E-state index contributed by atoms with van der Waals surface area (Å²) in [6, 6.07) is 3.63. The molecule has 0 saturated carbocycles. The van der Waals surface area contributed by atoms with Crippen molar-refractivity contribution in [3.8, 4) is 0 Å². The Morgan fingerprint density at radius 1 is 1.31 bits per heavy atom. The van der Waals surface area contributed by atoms with E-state index < -0.39 is 11.6 Å². The number of benzene rings is 1. The summed E-state index contributed by atoms with van der Waals surface area (Å²) in [6.45, 7) is 3.42. The fourth-order valence-corrected chi connectivity index (χ4v) is 2.63. The van der Waals surface area contributed by atoms with Crippen LogP contribution in [0.4, 0.5) is 8.78 Å². The number of guanidine groups is 1. The van der Waals surface area contributed by atoms with Crippen LogP contribution in [0.5, 0.6) is 0 Å². The molecule has 1 aromatic rings. The zero-order valence-corrected chi connectivity index (χ0v) is 17.4. The third kappa shape index (κ3) is 8.59. The molecule has 0 radical (unpaired) electrons. The van der Waals surface area contributed by atoms with Crippen LogP contribution in [0.2, 0.25) is 0 Å². The summed E-state index contributed by atoms with van der Waals surface area (Å²) >= 11 is 0. The lowest BCUT2D eigenvalue weighted by molar-refractivity contribution is 0.0168. The van der Waals surface area contributed by atoms with Crippen LogP contribution in [0.3, 0.4) is 0 Å². The van der Waals surface area contributed by atoms with E-state index in [0.717, 1.165) is 38.5 Å². The molecule has 8 heteroatoms. The predicted molar refractivity (Wildman–Crippen MR) is 109 cm³/mol. The van der Waals surface area contributed by atoms with Gasteiger partial charge >= 0.3 is 0 Å². The molecule has 0 aliphatic carbocycles. The number of nitrogens with zero attached hydrogens (tertiary/aromatic N) is 1. The number of halogens is 3. The highest BCUT2D eigenvalue weighted by molar-refractivity contribution is 14.0. The van der Waals surface area contributed by atoms with Crippen LogP contribution in [-0.2, 0) is 15.9 Å². The molecule has 1 fully saturated rings. The molecular weight excluding hydrogens is 455 g/mol. The van der Waals surface area contributed by atoms with Gasteiger partial charge in [0.15, 0.2) is 5.96 Å². The predicted octanol–water partition coefficient (Wildman–Crippen LogP) is 2.88. The lowest BCUT2D eigenvalue weighted by Crippen LogP contribution is -2.39. The van der Waals surface area contributed by atoms with Gasteiger partial charge < -0.3 is 20.1 Å². The molecule has 5 nitrogen and oxygen atoms in total. The number of nitrogens with one attached hydrogen (secondary N) is 2. The number of ether oxygens (including phenoxy) is 2. The maximum absolute atomic E-state index is 13.6. The van der Waals surface area contributed by atoms with Gasteiger partial charge in [0, 0.05) is 39.4 Å². The largest absolute Gasteiger partial charge is 0.379 e. The monoisotopic (exact) mass is 483 g/mol. The Balaban J connectivity index is 0.00000338. The minimum Gasteiger partial charge on any atom is -0.379 e. The molecule has 148 valence electrons. The summed E-state index contributed by atoms with van der Waals surface area (Å²) in [5, 5.41) is 6.29. The van der Waals surface area contributed by atoms with Crippen molar-refractivity contribution in [2.75, 3.05) is 40.0 Å². The smallest absolute Gasteiger partial charge is 0.190 e. The van der Waals surface area contributed by atoms with Crippen molar-refractivity contribution in [3.05, 3.63) is 35.4 Å². The van der Waals surface area contributed by atoms with E-state index in [4.69, 9.17) is 9.47 Å². The minimum absolute atomic E-state index is 0. The van der Waals surface area contributed by atoms with Crippen molar-refractivity contribution in [3.63, 3.8) is 0 Å². The number of aliphatic imine (C=N–C) groups is 1. The molecule has 2 rings (SSSR count). The average Bonchev–Trinajstić information content (AvgIpc) is 3.11. The van der Waals surface area contributed by atoms with Crippen molar-refractivity contribution in [2.45, 2.75) is 31.8 Å². The molecule has 26 heavy (non-hydrogen) atoms. The van der Waals surface area contributed by atoms with Gasteiger partial charge in [-0.25, -0.2) is 8.78 Å². The van der Waals surface area contributed by atoms with Crippen LogP contribution in [0.15, 0.2) is 23.2 Å². The Bertz CT molecular complexity index is 555. The minimum atomic E-state index is -0.562. The highest BCUT2D eigenvalue weighted by Crippen LogP contribution is 2.12. The van der Waals surface area contributed by atoms with Gasteiger partial charge in [-0.15, -0.1) is 24.0 Å². The van der Waals surface area contributed by atoms with E-state index in [1.54, 1.807) is 7.05 Å². The van der Waals surface area contributed by atoms with Crippen LogP contribution in [-0.4, -0.2) is 52.0 Å². The number of hydrogen-bond donors (Lipinski definition) is 2. The lowest BCUT2D eigenvalue weighted by Gasteiger charge is -2.13. The number of hydrogen-bond acceptors (Lipinski definition) is 3. The zero-order valence-electron chi connectivity index (χ0n) is 15.1. The molecule has 1 saturated heterocycles. The quantitative estimate of drug-likeness (QED) is 0.246. The third-order valence-corrected chi connectivity index (χ3v) is 4.01. The summed E-state index contributed by atoms with van der Waals surface area (Å²) in [7, 11) is 1.68. The average molecular weight is 483 g/mol. The summed E-state index contributed by atoms with van der Waals surface area (Å²) < 4.78 is 37.5. The summed E-state index contributed by atoms with van der Waals surface area (Å²) in [6.07, 6.45) is 3.79. The SMILES string of the molecule is CN=C(NCCCOCC1CCCO1)NCCc1ccc(F)cc1F.I. The van der Waals surface area contributed by atoms with Crippen LogP contribution in [0.1, 0.15) is 24.8 Å². The van der Waals surface area contributed by atoms with Gasteiger partial charge in [0.2, 0.25) is 0 Å². The maximum atomic E-state index is 13.6. The maximum Gasteiger partial charge on any atom is 0.190 e. The van der Waals surface area contributed by atoms with Gasteiger partial charge in [-0.05, 0) is 37.3 Å². The molecule has 1 aromatic carbocycles. The lowest BCUT2D eigenvalue weighted by atomic mass is 10.1. The first kappa shape index (κ1) is 23.0. The van der Waals surface area contributed by atoms with Crippen LogP contribution >= 0.6 is 24.0 Å². The second-order valence-corrected chi connectivity index (χ2v) is 5.97. The summed E-state index contributed by atoms with van der Waals surface area (Å²) in [4.78, 5) is 4.12. The van der Waals surface area contributed by atoms with Crippen LogP contribution in [0, 0.1) is 11.6 Å².